The highest BCUT2D eigenvalue weighted by Gasteiger charge is 2.15. The van der Waals surface area contributed by atoms with Gasteiger partial charge in [0.1, 0.15) is 11.6 Å². The molecule has 3 heterocycles. The van der Waals surface area contributed by atoms with Crippen LogP contribution in [-0.4, -0.2) is 45.5 Å². The van der Waals surface area contributed by atoms with Crippen LogP contribution in [0.15, 0.2) is 59.2 Å². The highest BCUT2D eigenvalue weighted by Crippen LogP contribution is 2.33. The number of para-hydroxylation sites is 1. The fourth-order valence-corrected chi connectivity index (χ4v) is 3.93. The Morgan fingerprint density at radius 1 is 1.12 bits per heavy atom. The maximum Gasteiger partial charge on any atom is 0.231 e. The summed E-state index contributed by atoms with van der Waals surface area (Å²) >= 11 is 3.47. The average molecular weight is 510 g/mol. The fourth-order valence-electron chi connectivity index (χ4n) is 3.58. The van der Waals surface area contributed by atoms with Crippen molar-refractivity contribution in [3.8, 4) is 28.5 Å². The van der Waals surface area contributed by atoms with E-state index in [0.29, 0.717) is 47.3 Å². The highest BCUT2D eigenvalue weighted by atomic mass is 79.9. The van der Waals surface area contributed by atoms with E-state index in [1.807, 2.05) is 30.3 Å². The average Bonchev–Trinajstić information content (AvgIpc) is 3.43. The number of nitrogens with zero attached hydrogens (tertiary/aromatic N) is 3. The maximum atomic E-state index is 12.3. The number of anilines is 1. The van der Waals surface area contributed by atoms with E-state index in [2.05, 4.69) is 36.6 Å². The first-order valence-corrected chi connectivity index (χ1v) is 11.1. The minimum atomic E-state index is -0.0905. The molecule has 9 nitrogen and oxygen atoms in total. The lowest BCUT2D eigenvalue weighted by molar-refractivity contribution is -0.120. The molecule has 33 heavy (non-hydrogen) atoms. The van der Waals surface area contributed by atoms with E-state index in [4.69, 9.17) is 9.47 Å². The van der Waals surface area contributed by atoms with Crippen LogP contribution >= 0.6 is 15.9 Å². The van der Waals surface area contributed by atoms with Gasteiger partial charge >= 0.3 is 0 Å². The SMILES string of the molecule is O=C(Cc1ccc2c(c1)OCO2)NCCNc1cc(-c2ccccc2O)nc2c(Br)cnn12. The zero-order valence-electron chi connectivity index (χ0n) is 17.4. The van der Waals surface area contributed by atoms with Crippen LogP contribution in [0.5, 0.6) is 17.2 Å². The van der Waals surface area contributed by atoms with Crippen molar-refractivity contribution in [1.29, 1.82) is 0 Å². The van der Waals surface area contributed by atoms with Gasteiger partial charge in [0.2, 0.25) is 12.7 Å². The van der Waals surface area contributed by atoms with Crippen molar-refractivity contribution < 1.29 is 19.4 Å². The van der Waals surface area contributed by atoms with Gasteiger partial charge in [0.05, 0.1) is 22.8 Å². The van der Waals surface area contributed by atoms with Gasteiger partial charge in [-0.15, -0.1) is 0 Å². The number of aromatic nitrogens is 3. The Labute approximate surface area is 197 Å². The molecule has 3 N–H and O–H groups in total. The topological polar surface area (TPSA) is 110 Å². The van der Waals surface area contributed by atoms with Crippen LogP contribution in [0.2, 0.25) is 0 Å². The predicted molar refractivity (Wildman–Crippen MR) is 126 cm³/mol. The maximum absolute atomic E-state index is 12.3. The molecule has 4 aromatic rings. The Morgan fingerprint density at radius 2 is 1.97 bits per heavy atom. The van der Waals surface area contributed by atoms with Gasteiger partial charge in [0.25, 0.3) is 0 Å². The molecular weight excluding hydrogens is 490 g/mol. The number of phenols is 1. The molecule has 0 unspecified atom stereocenters. The smallest absolute Gasteiger partial charge is 0.231 e. The van der Waals surface area contributed by atoms with E-state index >= 15 is 0 Å². The molecule has 2 aromatic carbocycles. The lowest BCUT2D eigenvalue weighted by Gasteiger charge is -2.12. The van der Waals surface area contributed by atoms with Crippen molar-refractivity contribution in [1.82, 2.24) is 19.9 Å². The molecule has 1 aliphatic heterocycles. The molecule has 0 bridgehead atoms. The number of carbonyl (C=O) groups excluding carboxylic acids is 1. The van der Waals surface area contributed by atoms with Gasteiger partial charge in [-0.3, -0.25) is 4.79 Å². The zero-order chi connectivity index (χ0) is 22.8. The highest BCUT2D eigenvalue weighted by molar-refractivity contribution is 9.10. The van der Waals surface area contributed by atoms with Gasteiger partial charge in [-0.2, -0.15) is 9.61 Å². The lowest BCUT2D eigenvalue weighted by Crippen LogP contribution is -2.30. The van der Waals surface area contributed by atoms with E-state index in [1.54, 1.807) is 28.9 Å². The number of halogens is 1. The molecule has 5 rings (SSSR count). The molecule has 0 spiro atoms. The molecule has 0 saturated heterocycles. The summed E-state index contributed by atoms with van der Waals surface area (Å²) in [6.45, 7) is 1.10. The number of hydrogen-bond donors (Lipinski definition) is 3. The number of phenolic OH excluding ortho intramolecular Hbond substituents is 1. The Hall–Kier alpha value is -3.79. The second-order valence-corrected chi connectivity index (χ2v) is 8.27. The predicted octanol–water partition coefficient (Wildman–Crippen LogP) is 3.36. The number of aromatic hydroxyl groups is 1. The van der Waals surface area contributed by atoms with Crippen LogP contribution in [-0.2, 0) is 11.2 Å². The molecule has 0 atom stereocenters. The molecule has 0 radical (unpaired) electrons. The van der Waals surface area contributed by atoms with E-state index < -0.39 is 0 Å². The summed E-state index contributed by atoms with van der Waals surface area (Å²) in [7, 11) is 0. The Morgan fingerprint density at radius 3 is 2.85 bits per heavy atom. The van der Waals surface area contributed by atoms with Gasteiger partial charge in [-0.25, -0.2) is 4.98 Å². The van der Waals surface area contributed by atoms with Crippen molar-refractivity contribution in [2.24, 2.45) is 0 Å². The van der Waals surface area contributed by atoms with E-state index in [-0.39, 0.29) is 24.9 Å². The zero-order valence-corrected chi connectivity index (χ0v) is 19.0. The number of amides is 1. The largest absolute Gasteiger partial charge is 0.507 e. The third-order valence-corrected chi connectivity index (χ3v) is 5.72. The number of benzene rings is 2. The molecule has 1 amide bonds. The van der Waals surface area contributed by atoms with Gasteiger partial charge in [0, 0.05) is 24.7 Å². The first-order valence-electron chi connectivity index (χ1n) is 10.3. The number of carbonyl (C=O) groups is 1. The molecule has 1 aliphatic rings. The van der Waals surface area contributed by atoms with Crippen LogP contribution in [0.4, 0.5) is 5.82 Å². The summed E-state index contributed by atoms with van der Waals surface area (Å²) < 4.78 is 13.1. The summed E-state index contributed by atoms with van der Waals surface area (Å²) in [4.78, 5) is 17.0. The standard InChI is InChI=1S/C23H20BrN5O4/c24-16-12-27-29-21(11-17(28-23(16)29)15-3-1-2-4-18(15)30)25-7-8-26-22(31)10-14-5-6-19-20(9-14)33-13-32-19/h1-6,9,11-12,25,30H,7-8,10,13H2,(H,26,31). The van der Waals surface area contributed by atoms with Crippen LogP contribution in [0, 0.1) is 0 Å². The Balaban J connectivity index is 1.24. The van der Waals surface area contributed by atoms with Crippen molar-refractivity contribution in [2.75, 3.05) is 25.2 Å². The van der Waals surface area contributed by atoms with Crippen molar-refractivity contribution in [3.63, 3.8) is 0 Å². The number of rotatable bonds is 7. The summed E-state index contributed by atoms with van der Waals surface area (Å²) in [5.74, 6) is 2.10. The van der Waals surface area contributed by atoms with Gasteiger partial charge in [0.15, 0.2) is 17.1 Å². The number of ether oxygens (including phenoxy) is 2. The minimum absolute atomic E-state index is 0.0905. The Bertz CT molecular complexity index is 1340. The second kappa shape index (κ2) is 8.99. The lowest BCUT2D eigenvalue weighted by atomic mass is 10.1. The number of hydrogen-bond acceptors (Lipinski definition) is 7. The molecular formula is C23H20BrN5O4. The third-order valence-electron chi connectivity index (χ3n) is 5.16. The fraction of sp³-hybridized carbons (Fsp3) is 0.174. The van der Waals surface area contributed by atoms with E-state index in [9.17, 15) is 9.90 Å². The van der Waals surface area contributed by atoms with E-state index in [1.165, 1.54) is 0 Å². The normalized spacial score (nSPS) is 12.2. The summed E-state index contributed by atoms with van der Waals surface area (Å²) in [6, 6.07) is 14.3. The summed E-state index contributed by atoms with van der Waals surface area (Å²) in [5.41, 5.74) is 2.70. The summed E-state index contributed by atoms with van der Waals surface area (Å²) in [5, 5.41) is 20.8. The molecule has 10 heteroatoms. The Kier molecular flexibility index (Phi) is 5.74. The molecule has 0 fully saturated rings. The van der Waals surface area contributed by atoms with Crippen LogP contribution < -0.4 is 20.1 Å². The minimum Gasteiger partial charge on any atom is -0.507 e. The van der Waals surface area contributed by atoms with Gasteiger partial charge in [-0.05, 0) is 45.8 Å². The van der Waals surface area contributed by atoms with Crippen LogP contribution in [0.3, 0.4) is 0 Å². The van der Waals surface area contributed by atoms with Gasteiger partial charge < -0.3 is 25.2 Å². The first-order chi connectivity index (χ1) is 16.1. The quantitative estimate of drug-likeness (QED) is 0.327. The van der Waals surface area contributed by atoms with E-state index in [0.717, 1.165) is 10.0 Å². The van der Waals surface area contributed by atoms with Gasteiger partial charge in [-0.1, -0.05) is 18.2 Å². The summed E-state index contributed by atoms with van der Waals surface area (Å²) in [6.07, 6.45) is 1.91. The van der Waals surface area contributed by atoms with Crippen molar-refractivity contribution in [2.45, 2.75) is 6.42 Å². The van der Waals surface area contributed by atoms with Crippen molar-refractivity contribution >= 4 is 33.3 Å². The first kappa shape index (κ1) is 21.1. The van der Waals surface area contributed by atoms with Crippen LogP contribution in [0.1, 0.15) is 5.56 Å². The number of nitrogens with one attached hydrogen (secondary N) is 2. The molecule has 168 valence electrons. The molecule has 0 aliphatic carbocycles. The monoisotopic (exact) mass is 509 g/mol. The second-order valence-electron chi connectivity index (χ2n) is 7.41. The van der Waals surface area contributed by atoms with Crippen molar-refractivity contribution in [3.05, 3.63) is 64.8 Å². The van der Waals surface area contributed by atoms with Crippen LogP contribution in [0.25, 0.3) is 16.9 Å². The molecule has 2 aromatic heterocycles. The molecule has 0 saturated carbocycles. The third kappa shape index (κ3) is 4.42. The number of fused-ring (bicyclic) bond motifs is 2.